The van der Waals surface area contributed by atoms with Gasteiger partial charge in [0.25, 0.3) is 0 Å². The number of fused-ring (bicyclic) bond motifs is 3. The summed E-state index contributed by atoms with van der Waals surface area (Å²) >= 11 is 0. The molecule has 124 valence electrons. The lowest BCUT2D eigenvalue weighted by molar-refractivity contribution is -0.125. The summed E-state index contributed by atoms with van der Waals surface area (Å²) in [5.41, 5.74) is -0.820. The maximum atomic E-state index is 12.7. The van der Waals surface area contributed by atoms with Crippen LogP contribution in [0.5, 0.6) is 0 Å². The zero-order valence-corrected chi connectivity index (χ0v) is 14.5. The van der Waals surface area contributed by atoms with Crippen LogP contribution in [0.1, 0.15) is 34.1 Å². The quantitative estimate of drug-likeness (QED) is 0.685. The molecule has 3 aliphatic rings. The van der Waals surface area contributed by atoms with Crippen LogP contribution in [0.3, 0.4) is 0 Å². The third kappa shape index (κ3) is 2.45. The van der Waals surface area contributed by atoms with Crippen molar-refractivity contribution in [3.63, 3.8) is 0 Å². The Morgan fingerprint density at radius 1 is 1.17 bits per heavy atom. The highest BCUT2D eigenvalue weighted by molar-refractivity contribution is 6.04. The van der Waals surface area contributed by atoms with Crippen molar-refractivity contribution in [3.8, 4) is 6.07 Å². The Hall–Kier alpha value is -2.41. The van der Waals surface area contributed by atoms with Crippen molar-refractivity contribution in [2.24, 2.45) is 16.2 Å². The van der Waals surface area contributed by atoms with Crippen molar-refractivity contribution < 1.29 is 14.3 Å². The molecule has 0 aromatic carbocycles. The van der Waals surface area contributed by atoms with Gasteiger partial charge in [0.1, 0.15) is 12.7 Å². The van der Waals surface area contributed by atoms with E-state index in [0.29, 0.717) is 6.42 Å². The Balaban J connectivity index is 2.25. The lowest BCUT2D eigenvalue weighted by Crippen LogP contribution is -2.35. The second-order valence-electron chi connectivity index (χ2n) is 7.95. The molecule has 2 aliphatic carbocycles. The van der Waals surface area contributed by atoms with E-state index in [2.05, 4.69) is 6.92 Å². The number of carbonyl (C=O) groups is 2. The summed E-state index contributed by atoms with van der Waals surface area (Å²) in [6, 6.07) is 2.05. The van der Waals surface area contributed by atoms with Gasteiger partial charge >= 0.3 is 0 Å². The van der Waals surface area contributed by atoms with E-state index in [-0.39, 0.29) is 29.2 Å². The molecular formula is C20H21NO3. The van der Waals surface area contributed by atoms with Crippen LogP contribution >= 0.6 is 0 Å². The summed E-state index contributed by atoms with van der Waals surface area (Å²) in [5, 5.41) is 9.53. The van der Waals surface area contributed by atoms with Gasteiger partial charge in [-0.15, -0.1) is 0 Å². The average molecular weight is 323 g/mol. The van der Waals surface area contributed by atoms with Crippen molar-refractivity contribution >= 4 is 11.6 Å². The summed E-state index contributed by atoms with van der Waals surface area (Å²) < 4.78 is 5.97. The lowest BCUT2D eigenvalue weighted by atomic mass is 9.60. The highest BCUT2D eigenvalue weighted by atomic mass is 16.5. The van der Waals surface area contributed by atoms with Crippen molar-refractivity contribution in [3.05, 3.63) is 47.3 Å². The van der Waals surface area contributed by atoms with Gasteiger partial charge in [-0.05, 0) is 50.6 Å². The minimum atomic E-state index is -0.775. The Kier molecular flexibility index (Phi) is 3.46. The largest absolute Gasteiger partial charge is 0.497 e. The zero-order valence-electron chi connectivity index (χ0n) is 14.5. The average Bonchev–Trinajstić information content (AvgIpc) is 2.53. The number of nitrogens with zero attached hydrogens (tertiary/aromatic N) is 1. The molecule has 24 heavy (non-hydrogen) atoms. The first kappa shape index (κ1) is 16.4. The van der Waals surface area contributed by atoms with E-state index in [1.54, 1.807) is 32.1 Å². The van der Waals surface area contributed by atoms with Crippen molar-refractivity contribution in [2.45, 2.75) is 34.1 Å². The molecule has 4 heteroatoms. The van der Waals surface area contributed by atoms with Crippen LogP contribution in [-0.4, -0.2) is 18.2 Å². The molecule has 0 saturated heterocycles. The van der Waals surface area contributed by atoms with Gasteiger partial charge in [-0.2, -0.15) is 5.26 Å². The normalized spacial score (nSPS) is 36.5. The molecule has 0 aromatic heterocycles. The first-order valence-electron chi connectivity index (χ1n) is 8.08. The number of hydrogen-bond donors (Lipinski definition) is 0. The van der Waals surface area contributed by atoms with Gasteiger partial charge in [0.15, 0.2) is 11.6 Å². The van der Waals surface area contributed by atoms with Crippen molar-refractivity contribution in [1.29, 1.82) is 5.26 Å². The molecule has 2 atom stereocenters. The van der Waals surface area contributed by atoms with E-state index in [0.717, 1.165) is 11.3 Å². The summed E-state index contributed by atoms with van der Waals surface area (Å²) in [6.07, 6.45) is 9.39. The molecule has 0 amide bonds. The Morgan fingerprint density at radius 2 is 1.88 bits per heavy atom. The Morgan fingerprint density at radius 3 is 2.54 bits per heavy atom. The van der Waals surface area contributed by atoms with Gasteiger partial charge in [-0.1, -0.05) is 13.0 Å². The highest BCUT2D eigenvalue weighted by Crippen LogP contribution is 2.53. The third-order valence-electron chi connectivity index (χ3n) is 5.14. The minimum Gasteiger partial charge on any atom is -0.497 e. The van der Waals surface area contributed by atoms with Crippen LogP contribution < -0.4 is 0 Å². The molecule has 1 aliphatic heterocycles. The minimum absolute atomic E-state index is 0.0695. The van der Waals surface area contributed by atoms with Gasteiger partial charge in [0.05, 0.1) is 16.7 Å². The molecule has 0 N–H and O–H groups in total. The smallest absolute Gasteiger partial charge is 0.182 e. The summed E-state index contributed by atoms with van der Waals surface area (Å²) in [6.45, 7) is 7.78. The van der Waals surface area contributed by atoms with Gasteiger partial charge in [-0.3, -0.25) is 9.59 Å². The van der Waals surface area contributed by atoms with Crippen LogP contribution in [0.4, 0.5) is 0 Å². The number of rotatable bonds is 0. The molecule has 0 fully saturated rings. The summed E-state index contributed by atoms with van der Waals surface area (Å²) in [7, 11) is 0. The van der Waals surface area contributed by atoms with E-state index >= 15 is 0 Å². The second-order valence-corrected chi connectivity index (χ2v) is 7.95. The number of hydrogen-bond acceptors (Lipinski definition) is 4. The monoisotopic (exact) mass is 323 g/mol. The zero-order chi connectivity index (χ0) is 17.8. The van der Waals surface area contributed by atoms with Gasteiger partial charge in [0.2, 0.25) is 0 Å². The van der Waals surface area contributed by atoms with E-state index in [1.807, 2.05) is 25.1 Å². The van der Waals surface area contributed by atoms with Gasteiger partial charge in [0, 0.05) is 17.3 Å². The Labute approximate surface area is 142 Å². The SMILES string of the molecule is CC12C=C(CC3(C)C=CC(=O)C=C13)OCC(C)(C)C(=O)/C(C#N)=C\2. The molecular weight excluding hydrogens is 302 g/mol. The fourth-order valence-electron chi connectivity index (χ4n) is 3.82. The molecule has 3 rings (SSSR count). The van der Waals surface area contributed by atoms with Crippen LogP contribution in [0.15, 0.2) is 47.3 Å². The van der Waals surface area contributed by atoms with E-state index in [1.165, 1.54) is 0 Å². The predicted molar refractivity (Wildman–Crippen MR) is 89.6 cm³/mol. The maximum Gasteiger partial charge on any atom is 0.182 e. The molecule has 0 spiro atoms. The van der Waals surface area contributed by atoms with Crippen LogP contribution in [-0.2, 0) is 14.3 Å². The highest BCUT2D eigenvalue weighted by Gasteiger charge is 2.46. The topological polar surface area (TPSA) is 67.2 Å². The van der Waals surface area contributed by atoms with Crippen LogP contribution in [0.25, 0.3) is 0 Å². The van der Waals surface area contributed by atoms with Crippen molar-refractivity contribution in [1.82, 2.24) is 0 Å². The molecule has 1 heterocycles. The van der Waals surface area contributed by atoms with Crippen molar-refractivity contribution in [2.75, 3.05) is 6.61 Å². The number of ether oxygens (including phenoxy) is 1. The molecule has 0 radical (unpaired) electrons. The van der Waals surface area contributed by atoms with E-state index < -0.39 is 10.8 Å². The second kappa shape index (κ2) is 5.04. The predicted octanol–water partition coefficient (Wildman–Crippen LogP) is 3.43. The number of carbonyl (C=O) groups excluding carboxylic acids is 2. The fraction of sp³-hybridized carbons (Fsp3) is 0.450. The molecule has 0 aromatic rings. The number of ketones is 2. The Bertz CT molecular complexity index is 803. The van der Waals surface area contributed by atoms with Gasteiger partial charge < -0.3 is 4.74 Å². The molecule has 4 nitrogen and oxygen atoms in total. The molecule has 2 bridgehead atoms. The molecule has 2 unspecified atom stereocenters. The van der Waals surface area contributed by atoms with Crippen LogP contribution in [0.2, 0.25) is 0 Å². The van der Waals surface area contributed by atoms with E-state index in [4.69, 9.17) is 4.74 Å². The standard InChI is InChI=1S/C20H21NO3/c1-18(2)12-24-15-9-19(3)6-5-14(22)7-16(19)20(4,10-15)8-13(11-21)17(18)23/h5-8,10H,9,12H2,1-4H3/b13-8-. The lowest BCUT2D eigenvalue weighted by Gasteiger charge is -2.44. The summed E-state index contributed by atoms with van der Waals surface area (Å²) in [5.74, 6) is 0.500. The number of allylic oxidation sites excluding steroid dienone is 8. The van der Waals surface area contributed by atoms with Crippen LogP contribution in [0, 0.1) is 27.6 Å². The fourth-order valence-corrected chi connectivity index (χ4v) is 3.82. The van der Waals surface area contributed by atoms with Gasteiger partial charge in [-0.25, -0.2) is 0 Å². The maximum absolute atomic E-state index is 12.7. The first-order valence-corrected chi connectivity index (χ1v) is 8.08. The summed E-state index contributed by atoms with van der Waals surface area (Å²) in [4.78, 5) is 24.7. The molecule has 0 saturated carbocycles. The number of Topliss-reactive ketones (excluding diaryl/α,β-unsaturated/α-hetero) is 1. The number of nitriles is 1. The van der Waals surface area contributed by atoms with E-state index in [9.17, 15) is 14.9 Å². The third-order valence-corrected chi connectivity index (χ3v) is 5.14. The first-order chi connectivity index (χ1) is 11.1.